The Morgan fingerprint density at radius 3 is 2.10 bits per heavy atom. The maximum atomic E-state index is 9.89. The van der Waals surface area contributed by atoms with Crippen molar-refractivity contribution in [2.24, 2.45) is 7.05 Å². The summed E-state index contributed by atoms with van der Waals surface area (Å²) in [6, 6.07) is 10.1. The molecule has 1 aromatic heterocycles. The molecular weight excluding hydrogens is 276 g/mol. The summed E-state index contributed by atoms with van der Waals surface area (Å²) in [5.74, 6) is 0.726. The van der Waals surface area contributed by atoms with Crippen LogP contribution in [0.5, 0.6) is 0 Å². The Labute approximate surface area is 119 Å². The molecule has 0 radical (unpaired) electrons. The Bertz CT molecular complexity index is 663. The maximum absolute atomic E-state index is 9.89. The van der Waals surface area contributed by atoms with Crippen LogP contribution in [0, 0.1) is 6.92 Å². The predicted molar refractivity (Wildman–Crippen MR) is 81.7 cm³/mol. The average Bonchev–Trinajstić information content (AvgIpc) is 2.67. The highest BCUT2D eigenvalue weighted by Gasteiger charge is 2.10. The van der Waals surface area contributed by atoms with E-state index >= 15 is 0 Å². The van der Waals surface area contributed by atoms with Gasteiger partial charge in [0.2, 0.25) is 10.0 Å². The largest absolute Gasteiger partial charge is 0.384 e. The molecule has 0 aliphatic rings. The molecule has 0 saturated heterocycles. The zero-order valence-electron chi connectivity index (χ0n) is 12.1. The van der Waals surface area contributed by atoms with Crippen LogP contribution >= 0.6 is 0 Å². The summed E-state index contributed by atoms with van der Waals surface area (Å²) in [5.41, 5.74) is 8.95. The van der Waals surface area contributed by atoms with E-state index in [1.807, 2.05) is 44.3 Å². The van der Waals surface area contributed by atoms with Crippen molar-refractivity contribution >= 4 is 15.8 Å². The topological polar surface area (TPSA) is 90.0 Å². The van der Waals surface area contributed by atoms with Crippen LogP contribution in [0.1, 0.15) is 5.56 Å². The molecule has 6 nitrogen and oxygen atoms in total. The maximum Gasteiger partial charge on any atom is 0.208 e. The molecule has 0 saturated carbocycles. The molecule has 0 bridgehead atoms. The lowest BCUT2D eigenvalue weighted by atomic mass is 10.1. The molecule has 2 aromatic rings. The van der Waals surface area contributed by atoms with Gasteiger partial charge in [-0.05, 0) is 14.0 Å². The van der Waals surface area contributed by atoms with Crippen molar-refractivity contribution in [3.8, 4) is 11.3 Å². The first kappa shape index (κ1) is 16.2. The highest BCUT2D eigenvalue weighted by Crippen LogP contribution is 2.24. The van der Waals surface area contributed by atoms with Crippen molar-refractivity contribution in [1.82, 2.24) is 14.5 Å². The van der Waals surface area contributed by atoms with Crippen LogP contribution in [0.2, 0.25) is 0 Å². The van der Waals surface area contributed by atoms with E-state index in [1.165, 1.54) is 7.05 Å². The number of aryl methyl sites for hydroxylation is 1. The number of rotatable bonds is 2. The number of hydrogen-bond donors (Lipinski definition) is 2. The number of anilines is 1. The van der Waals surface area contributed by atoms with Crippen LogP contribution < -0.4 is 10.5 Å². The molecule has 1 heterocycles. The average molecular weight is 296 g/mol. The highest BCUT2D eigenvalue weighted by molar-refractivity contribution is 7.88. The molecule has 1 aromatic carbocycles. The quantitative estimate of drug-likeness (QED) is 0.869. The molecule has 0 aliphatic carbocycles. The molecule has 2 rings (SSSR count). The lowest BCUT2D eigenvalue weighted by molar-refractivity contribution is 0.594. The van der Waals surface area contributed by atoms with Gasteiger partial charge in [-0.3, -0.25) is 4.68 Å². The fourth-order valence-electron chi connectivity index (χ4n) is 1.51. The fraction of sp³-hybridized carbons (Fsp3) is 0.308. The Morgan fingerprint density at radius 1 is 1.25 bits per heavy atom. The van der Waals surface area contributed by atoms with Gasteiger partial charge in [0.15, 0.2) is 0 Å². The Morgan fingerprint density at radius 2 is 1.75 bits per heavy atom. The van der Waals surface area contributed by atoms with Crippen molar-refractivity contribution in [2.45, 2.75) is 6.92 Å². The molecule has 7 heteroatoms. The van der Waals surface area contributed by atoms with Gasteiger partial charge in [-0.2, -0.15) is 5.10 Å². The van der Waals surface area contributed by atoms with Gasteiger partial charge in [-0.15, -0.1) is 0 Å². The second kappa shape index (κ2) is 6.53. The first-order chi connectivity index (χ1) is 9.26. The van der Waals surface area contributed by atoms with Gasteiger partial charge < -0.3 is 5.73 Å². The number of aromatic nitrogens is 2. The highest BCUT2D eigenvalue weighted by atomic mass is 32.2. The third-order valence-electron chi connectivity index (χ3n) is 2.76. The molecule has 110 valence electrons. The Hall–Kier alpha value is -1.86. The van der Waals surface area contributed by atoms with Crippen LogP contribution in [0.25, 0.3) is 11.3 Å². The number of hydrogen-bond acceptors (Lipinski definition) is 4. The van der Waals surface area contributed by atoms with Crippen LogP contribution in [0.15, 0.2) is 30.3 Å². The van der Waals surface area contributed by atoms with Gasteiger partial charge in [0, 0.05) is 18.2 Å². The molecule has 0 amide bonds. The Balaban J connectivity index is 0.000000286. The van der Waals surface area contributed by atoms with E-state index in [9.17, 15) is 8.42 Å². The molecule has 0 atom stereocenters. The normalized spacial score (nSPS) is 10.8. The third kappa shape index (κ3) is 4.36. The zero-order valence-corrected chi connectivity index (χ0v) is 12.9. The van der Waals surface area contributed by atoms with E-state index in [4.69, 9.17) is 5.73 Å². The Kier molecular flexibility index (Phi) is 5.29. The van der Waals surface area contributed by atoms with Crippen molar-refractivity contribution in [1.29, 1.82) is 0 Å². The van der Waals surface area contributed by atoms with Crippen molar-refractivity contribution in [2.75, 3.05) is 19.0 Å². The number of sulfonamides is 1. The van der Waals surface area contributed by atoms with Gasteiger partial charge in [-0.1, -0.05) is 30.3 Å². The summed E-state index contributed by atoms with van der Waals surface area (Å²) in [7, 11) is 0.314. The summed E-state index contributed by atoms with van der Waals surface area (Å²) in [6.45, 7) is 1.99. The number of nitrogens with two attached hydrogens (primary N) is 1. The molecule has 0 unspecified atom stereocenters. The minimum absolute atomic E-state index is 0.726. The zero-order chi connectivity index (χ0) is 15.3. The van der Waals surface area contributed by atoms with E-state index in [1.54, 1.807) is 4.68 Å². The van der Waals surface area contributed by atoms with Crippen LogP contribution in [-0.2, 0) is 17.1 Å². The summed E-state index contributed by atoms with van der Waals surface area (Å²) in [4.78, 5) is 0. The lowest BCUT2D eigenvalue weighted by Crippen LogP contribution is -2.15. The van der Waals surface area contributed by atoms with E-state index in [0.29, 0.717) is 0 Å². The molecular formula is C13H20N4O2S. The van der Waals surface area contributed by atoms with E-state index in [2.05, 4.69) is 9.82 Å². The molecule has 0 spiro atoms. The van der Waals surface area contributed by atoms with Gasteiger partial charge in [0.25, 0.3) is 0 Å². The smallest absolute Gasteiger partial charge is 0.208 e. The van der Waals surface area contributed by atoms with E-state index in [0.717, 1.165) is 28.9 Å². The second-order valence-corrected chi connectivity index (χ2v) is 6.28. The van der Waals surface area contributed by atoms with Crippen LogP contribution in [-0.4, -0.2) is 31.5 Å². The minimum atomic E-state index is -2.91. The van der Waals surface area contributed by atoms with E-state index in [-0.39, 0.29) is 0 Å². The molecule has 0 aliphatic heterocycles. The lowest BCUT2D eigenvalue weighted by Gasteiger charge is -1.96. The van der Waals surface area contributed by atoms with Crippen molar-refractivity contribution < 1.29 is 8.42 Å². The number of nitrogen functional groups attached to an aromatic ring is 1. The summed E-state index contributed by atoms with van der Waals surface area (Å²) in [5, 5.41) is 4.37. The van der Waals surface area contributed by atoms with Gasteiger partial charge in [-0.25, -0.2) is 13.1 Å². The summed E-state index contributed by atoms with van der Waals surface area (Å²) >= 11 is 0. The monoisotopic (exact) mass is 296 g/mol. The number of nitrogens with one attached hydrogen (secondary N) is 1. The second-order valence-electron chi connectivity index (χ2n) is 4.32. The minimum Gasteiger partial charge on any atom is -0.384 e. The molecule has 0 fully saturated rings. The van der Waals surface area contributed by atoms with Crippen LogP contribution in [0.4, 0.5) is 5.82 Å². The summed E-state index contributed by atoms with van der Waals surface area (Å²) in [6.07, 6.45) is 1.10. The molecule has 20 heavy (non-hydrogen) atoms. The number of nitrogens with zero attached hydrogens (tertiary/aromatic N) is 2. The van der Waals surface area contributed by atoms with Gasteiger partial charge in [0.1, 0.15) is 5.82 Å². The standard InChI is InChI=1S/C11H13N3.C2H7NO2S/c1-8-10(13-14(2)11(8)12)9-6-4-3-5-7-9;1-3-6(2,4)5/h3-7H,12H2,1-2H3;3H,1-2H3. The third-order valence-corrected chi connectivity index (χ3v) is 3.50. The SMILES string of the molecule is CNS(C)(=O)=O.Cc1c(-c2ccccc2)nn(C)c1N. The summed E-state index contributed by atoms with van der Waals surface area (Å²) < 4.78 is 23.6. The van der Waals surface area contributed by atoms with Gasteiger partial charge >= 0.3 is 0 Å². The number of benzene rings is 1. The van der Waals surface area contributed by atoms with Gasteiger partial charge in [0.05, 0.1) is 11.9 Å². The van der Waals surface area contributed by atoms with E-state index < -0.39 is 10.0 Å². The first-order valence-electron chi connectivity index (χ1n) is 5.99. The molecule has 3 N–H and O–H groups in total. The first-order valence-corrected chi connectivity index (χ1v) is 7.88. The van der Waals surface area contributed by atoms with Crippen molar-refractivity contribution in [3.63, 3.8) is 0 Å². The van der Waals surface area contributed by atoms with Crippen molar-refractivity contribution in [3.05, 3.63) is 35.9 Å². The predicted octanol–water partition coefficient (Wildman–Crippen LogP) is 1.14. The fourth-order valence-corrected chi connectivity index (χ4v) is 1.51. The van der Waals surface area contributed by atoms with Crippen LogP contribution in [0.3, 0.4) is 0 Å².